The molecule has 4 rings (SSSR count). The van der Waals surface area contributed by atoms with Gasteiger partial charge in [-0.2, -0.15) is 5.10 Å². The number of pyridine rings is 1. The van der Waals surface area contributed by atoms with Crippen LogP contribution in [0.3, 0.4) is 0 Å². The maximum Gasteiger partial charge on any atom is 0.240 e. The monoisotopic (exact) mass is 379 g/mol. The molecule has 8 nitrogen and oxygen atoms in total. The van der Waals surface area contributed by atoms with Crippen LogP contribution >= 0.6 is 12.2 Å². The third-order valence-corrected chi connectivity index (χ3v) is 4.48. The van der Waals surface area contributed by atoms with Gasteiger partial charge in [0, 0.05) is 11.8 Å². The highest BCUT2D eigenvalue weighted by molar-refractivity contribution is 7.71. The Kier molecular flexibility index (Phi) is 4.51. The second-order valence-corrected chi connectivity index (χ2v) is 6.52. The van der Waals surface area contributed by atoms with Gasteiger partial charge in [-0.05, 0) is 37.3 Å². The zero-order valence-electron chi connectivity index (χ0n) is 14.6. The number of nitrogens with zero attached hydrogens (tertiary/aromatic N) is 5. The van der Waals surface area contributed by atoms with Crippen LogP contribution in [0.25, 0.3) is 17.0 Å². The summed E-state index contributed by atoms with van der Waals surface area (Å²) in [5.41, 5.74) is 2.75. The van der Waals surface area contributed by atoms with Crippen LogP contribution in [-0.2, 0) is 17.9 Å². The normalized spacial score (nSPS) is 11.0. The van der Waals surface area contributed by atoms with E-state index in [4.69, 9.17) is 12.2 Å². The minimum Gasteiger partial charge on any atom is -0.347 e. The molecule has 4 aromatic rings. The van der Waals surface area contributed by atoms with Gasteiger partial charge in [-0.15, -0.1) is 10.2 Å². The lowest BCUT2D eigenvalue weighted by molar-refractivity contribution is -0.121. The first-order chi connectivity index (χ1) is 13.1. The van der Waals surface area contributed by atoms with Crippen molar-refractivity contribution in [1.82, 2.24) is 34.7 Å². The molecule has 0 atom stereocenters. The first-order valence-corrected chi connectivity index (χ1v) is 8.80. The third kappa shape index (κ3) is 3.49. The molecule has 1 amide bonds. The fourth-order valence-corrected chi connectivity index (χ4v) is 3.05. The molecule has 9 heteroatoms. The fraction of sp³-hybridized carbons (Fsp3) is 0.167. The van der Waals surface area contributed by atoms with E-state index in [1.54, 1.807) is 4.57 Å². The zero-order chi connectivity index (χ0) is 18.8. The molecule has 0 aliphatic rings. The molecule has 0 unspecified atom stereocenters. The van der Waals surface area contributed by atoms with Gasteiger partial charge in [0.25, 0.3) is 0 Å². The first-order valence-electron chi connectivity index (χ1n) is 8.39. The Bertz CT molecular complexity index is 1170. The van der Waals surface area contributed by atoms with Crippen LogP contribution in [0.4, 0.5) is 0 Å². The van der Waals surface area contributed by atoms with Gasteiger partial charge in [0.15, 0.2) is 22.1 Å². The van der Waals surface area contributed by atoms with Crippen LogP contribution in [0, 0.1) is 11.7 Å². The molecule has 0 saturated heterocycles. The molecule has 0 bridgehead atoms. The third-order valence-electron chi connectivity index (χ3n) is 4.16. The second-order valence-electron chi connectivity index (χ2n) is 6.13. The summed E-state index contributed by atoms with van der Waals surface area (Å²) in [7, 11) is 0. The molecule has 136 valence electrons. The number of H-pyrrole nitrogens is 1. The van der Waals surface area contributed by atoms with E-state index in [0.717, 1.165) is 16.8 Å². The number of benzene rings is 1. The van der Waals surface area contributed by atoms with Crippen molar-refractivity contribution in [3.8, 4) is 11.4 Å². The Morgan fingerprint density at radius 3 is 2.96 bits per heavy atom. The van der Waals surface area contributed by atoms with Crippen LogP contribution in [0.15, 0.2) is 48.7 Å². The number of carbonyl (C=O) groups excluding carboxylic acids is 1. The van der Waals surface area contributed by atoms with Gasteiger partial charge in [-0.25, -0.2) is 0 Å². The molecule has 0 saturated carbocycles. The van der Waals surface area contributed by atoms with E-state index >= 15 is 0 Å². The van der Waals surface area contributed by atoms with Crippen LogP contribution in [0.2, 0.25) is 0 Å². The van der Waals surface area contributed by atoms with Crippen LogP contribution in [0.5, 0.6) is 0 Å². The number of hydrogen-bond acceptors (Lipinski definition) is 5. The Morgan fingerprint density at radius 1 is 1.22 bits per heavy atom. The van der Waals surface area contributed by atoms with Crippen molar-refractivity contribution in [3.05, 3.63) is 64.8 Å². The Labute approximate surface area is 159 Å². The van der Waals surface area contributed by atoms with Crippen LogP contribution in [-0.4, -0.2) is 35.3 Å². The summed E-state index contributed by atoms with van der Waals surface area (Å²) in [6.45, 7) is 2.34. The van der Waals surface area contributed by atoms with Crippen molar-refractivity contribution in [2.24, 2.45) is 0 Å². The minimum absolute atomic E-state index is 0.0648. The number of fused-ring (bicyclic) bond motifs is 1. The van der Waals surface area contributed by atoms with Gasteiger partial charge in [-0.1, -0.05) is 29.8 Å². The average Bonchev–Trinajstić information content (AvgIpc) is 3.24. The van der Waals surface area contributed by atoms with Gasteiger partial charge in [0.1, 0.15) is 6.54 Å². The molecule has 0 spiro atoms. The lowest BCUT2D eigenvalue weighted by atomic mass is 10.1. The van der Waals surface area contributed by atoms with Crippen molar-refractivity contribution in [2.45, 2.75) is 20.0 Å². The van der Waals surface area contributed by atoms with E-state index in [1.165, 1.54) is 0 Å². The van der Waals surface area contributed by atoms with Gasteiger partial charge >= 0.3 is 0 Å². The largest absolute Gasteiger partial charge is 0.347 e. The molecule has 3 heterocycles. The molecule has 27 heavy (non-hydrogen) atoms. The standard InChI is InChI=1S/C18H17N7OS/c1-12-5-4-6-13(9-12)17-22-23-18(27)25(17)11-16(26)19-10-15-21-20-14-7-2-3-8-24(14)15/h2-9H,10-11H2,1H3,(H,19,26)(H,23,27). The fourth-order valence-electron chi connectivity index (χ4n) is 2.86. The van der Waals surface area contributed by atoms with Crippen LogP contribution in [0.1, 0.15) is 11.4 Å². The van der Waals surface area contributed by atoms with Crippen LogP contribution < -0.4 is 5.32 Å². The lowest BCUT2D eigenvalue weighted by Gasteiger charge is -2.08. The topological polar surface area (TPSA) is 92.9 Å². The van der Waals surface area contributed by atoms with Gasteiger partial charge in [0.2, 0.25) is 5.91 Å². The van der Waals surface area contributed by atoms with E-state index in [1.807, 2.05) is 60.0 Å². The molecular weight excluding hydrogens is 362 g/mol. The molecular formula is C18H17N7OS. The van der Waals surface area contributed by atoms with E-state index in [0.29, 0.717) is 16.4 Å². The molecule has 2 N–H and O–H groups in total. The number of carbonyl (C=O) groups is 1. The number of nitrogens with one attached hydrogen (secondary N) is 2. The van der Waals surface area contributed by atoms with Crippen molar-refractivity contribution < 1.29 is 4.79 Å². The van der Waals surface area contributed by atoms with E-state index in [2.05, 4.69) is 25.7 Å². The highest BCUT2D eigenvalue weighted by Gasteiger charge is 2.13. The average molecular weight is 379 g/mol. The van der Waals surface area contributed by atoms with Crippen molar-refractivity contribution in [2.75, 3.05) is 0 Å². The Morgan fingerprint density at radius 2 is 2.11 bits per heavy atom. The van der Waals surface area contributed by atoms with E-state index in [-0.39, 0.29) is 19.0 Å². The maximum absolute atomic E-state index is 12.5. The summed E-state index contributed by atoms with van der Waals surface area (Å²) in [6, 6.07) is 13.5. The molecule has 3 aromatic heterocycles. The smallest absolute Gasteiger partial charge is 0.240 e. The summed E-state index contributed by atoms with van der Waals surface area (Å²) >= 11 is 5.29. The van der Waals surface area contributed by atoms with E-state index < -0.39 is 0 Å². The summed E-state index contributed by atoms with van der Waals surface area (Å²) in [5, 5.41) is 18.1. The summed E-state index contributed by atoms with van der Waals surface area (Å²) in [5.74, 6) is 1.11. The number of hydrogen-bond donors (Lipinski definition) is 2. The van der Waals surface area contributed by atoms with Gasteiger partial charge in [0.05, 0.1) is 6.54 Å². The molecule has 0 aliphatic heterocycles. The zero-order valence-corrected chi connectivity index (χ0v) is 15.4. The number of aryl methyl sites for hydroxylation is 1. The summed E-state index contributed by atoms with van der Waals surface area (Å²) in [6.07, 6.45) is 1.86. The minimum atomic E-state index is -0.186. The van der Waals surface area contributed by atoms with Crippen molar-refractivity contribution >= 4 is 23.8 Å². The highest BCUT2D eigenvalue weighted by Crippen LogP contribution is 2.18. The first kappa shape index (κ1) is 17.1. The predicted octanol–water partition coefficient (Wildman–Crippen LogP) is 2.28. The highest BCUT2D eigenvalue weighted by atomic mass is 32.1. The number of aromatic amines is 1. The van der Waals surface area contributed by atoms with Crippen molar-refractivity contribution in [3.63, 3.8) is 0 Å². The number of amides is 1. The molecule has 0 radical (unpaired) electrons. The van der Waals surface area contributed by atoms with Gasteiger partial charge < -0.3 is 5.32 Å². The number of aromatic nitrogens is 6. The Hall–Kier alpha value is -3.33. The molecule has 0 aliphatic carbocycles. The maximum atomic E-state index is 12.5. The summed E-state index contributed by atoms with van der Waals surface area (Å²) in [4.78, 5) is 12.5. The quantitative estimate of drug-likeness (QED) is 0.519. The van der Waals surface area contributed by atoms with Crippen molar-refractivity contribution in [1.29, 1.82) is 0 Å². The lowest BCUT2D eigenvalue weighted by Crippen LogP contribution is -2.28. The van der Waals surface area contributed by atoms with E-state index in [9.17, 15) is 4.79 Å². The number of rotatable bonds is 5. The SMILES string of the molecule is Cc1cccc(-c2n[nH]c(=S)n2CC(=O)NCc2nnc3ccccn23)c1. The Balaban J connectivity index is 1.50. The summed E-state index contributed by atoms with van der Waals surface area (Å²) < 4.78 is 3.91. The molecule has 1 aromatic carbocycles. The second kappa shape index (κ2) is 7.12. The molecule has 0 fully saturated rings. The van der Waals surface area contributed by atoms with Gasteiger partial charge in [-0.3, -0.25) is 18.9 Å². The predicted molar refractivity (Wildman–Crippen MR) is 102 cm³/mol.